The molecular formula is C18H12ClFN4O2. The molecule has 1 aliphatic carbocycles. The van der Waals surface area contributed by atoms with Gasteiger partial charge in [0.2, 0.25) is 5.28 Å². The summed E-state index contributed by atoms with van der Waals surface area (Å²) in [5.74, 6) is -0.523. The molecule has 0 spiro atoms. The zero-order valence-corrected chi connectivity index (χ0v) is 14.0. The molecule has 2 aliphatic rings. The van der Waals surface area contributed by atoms with E-state index in [1.165, 1.54) is 0 Å². The molecular weight excluding hydrogens is 359 g/mol. The number of benzene rings is 1. The van der Waals surface area contributed by atoms with Crippen LogP contribution in [0.5, 0.6) is 0 Å². The summed E-state index contributed by atoms with van der Waals surface area (Å²) in [5.41, 5.74) is 4.71. The number of fused-ring (bicyclic) bond motifs is 1. The Balaban J connectivity index is 1.82. The lowest BCUT2D eigenvalue weighted by Gasteiger charge is -2.25. The van der Waals surface area contributed by atoms with Gasteiger partial charge in [-0.15, -0.1) is 0 Å². The Morgan fingerprint density at radius 1 is 1.31 bits per heavy atom. The molecule has 0 radical (unpaired) electrons. The molecule has 1 aliphatic heterocycles. The molecule has 26 heavy (non-hydrogen) atoms. The topological polar surface area (TPSA) is 76.1 Å². The van der Waals surface area contributed by atoms with Crippen molar-refractivity contribution in [3.63, 3.8) is 0 Å². The maximum atomic E-state index is 14.0. The number of carbonyl (C=O) groups excluding carboxylic acids is 1. The number of anilines is 2. The molecule has 0 bridgehead atoms. The fourth-order valence-corrected chi connectivity index (χ4v) is 2.94. The average Bonchev–Trinajstić information content (AvgIpc) is 2.65. The zero-order chi connectivity index (χ0) is 18.1. The first-order valence-electron chi connectivity index (χ1n) is 7.75. The van der Waals surface area contributed by atoms with Gasteiger partial charge in [0, 0.05) is 16.8 Å². The van der Waals surface area contributed by atoms with Gasteiger partial charge in [0.1, 0.15) is 0 Å². The Kier molecular flexibility index (Phi) is 4.14. The average molecular weight is 371 g/mol. The highest BCUT2D eigenvalue weighted by Crippen LogP contribution is 2.36. The largest absolute Gasteiger partial charge is 0.379 e. The van der Waals surface area contributed by atoms with Gasteiger partial charge in [0.05, 0.1) is 11.8 Å². The van der Waals surface area contributed by atoms with Crippen molar-refractivity contribution in [3.05, 3.63) is 76.7 Å². The van der Waals surface area contributed by atoms with Gasteiger partial charge in [-0.1, -0.05) is 30.4 Å². The van der Waals surface area contributed by atoms with Crippen molar-refractivity contribution >= 4 is 34.6 Å². The second-order valence-electron chi connectivity index (χ2n) is 5.56. The van der Waals surface area contributed by atoms with E-state index >= 15 is 0 Å². The van der Waals surface area contributed by atoms with Crippen molar-refractivity contribution in [2.45, 2.75) is 6.42 Å². The van der Waals surface area contributed by atoms with Gasteiger partial charge in [-0.2, -0.15) is 10.5 Å². The van der Waals surface area contributed by atoms with Crippen LogP contribution in [0.4, 0.5) is 15.9 Å². The monoisotopic (exact) mass is 370 g/mol. The highest BCUT2D eigenvalue weighted by molar-refractivity contribution is 6.28. The van der Waals surface area contributed by atoms with E-state index in [0.29, 0.717) is 29.0 Å². The molecule has 2 N–H and O–H groups in total. The standard InChI is InChI=1S/C18H12ClFN4O2/c19-18-21-9-12(20)16(23-18)22-13-7-3-1-5-10(13)15-11-6-2-4-8-14(11)26-24-17(15)25/h1-5,7-9H,6H2,(H,24,25)(H,21,22,23). The van der Waals surface area contributed by atoms with E-state index in [0.717, 1.165) is 11.8 Å². The number of amides is 1. The molecule has 0 atom stereocenters. The number of halogens is 2. The molecule has 1 aromatic heterocycles. The van der Waals surface area contributed by atoms with Crippen LogP contribution in [0.3, 0.4) is 0 Å². The van der Waals surface area contributed by atoms with E-state index < -0.39 is 5.82 Å². The van der Waals surface area contributed by atoms with Gasteiger partial charge >= 0.3 is 0 Å². The molecule has 130 valence electrons. The van der Waals surface area contributed by atoms with Gasteiger partial charge in [-0.3, -0.25) is 4.79 Å². The van der Waals surface area contributed by atoms with Crippen LogP contribution in [0.2, 0.25) is 5.28 Å². The predicted octanol–water partition coefficient (Wildman–Crippen LogP) is 3.67. The van der Waals surface area contributed by atoms with Crippen molar-refractivity contribution in [1.29, 1.82) is 0 Å². The first kappa shape index (κ1) is 16.3. The van der Waals surface area contributed by atoms with Crippen molar-refractivity contribution < 1.29 is 14.0 Å². The maximum Gasteiger partial charge on any atom is 0.285 e. The SMILES string of the molecule is O=C1NOC2=CC=CCC2=C1c1ccccc1Nc1nc(Cl)ncc1F. The van der Waals surface area contributed by atoms with E-state index in [1.807, 2.05) is 12.2 Å². The van der Waals surface area contributed by atoms with Crippen molar-refractivity contribution in [1.82, 2.24) is 15.4 Å². The summed E-state index contributed by atoms with van der Waals surface area (Å²) >= 11 is 5.75. The number of hydrogen-bond donors (Lipinski definition) is 2. The third kappa shape index (κ3) is 2.93. The molecule has 2 heterocycles. The molecule has 6 nitrogen and oxygen atoms in total. The van der Waals surface area contributed by atoms with Gasteiger partial charge in [-0.25, -0.2) is 9.37 Å². The van der Waals surface area contributed by atoms with Crippen LogP contribution in [0.25, 0.3) is 5.57 Å². The molecule has 0 unspecified atom stereocenters. The number of nitrogens with zero attached hydrogens (tertiary/aromatic N) is 2. The van der Waals surface area contributed by atoms with E-state index in [4.69, 9.17) is 16.4 Å². The number of hydrogen-bond acceptors (Lipinski definition) is 5. The highest BCUT2D eigenvalue weighted by Gasteiger charge is 2.28. The van der Waals surface area contributed by atoms with E-state index in [2.05, 4.69) is 20.8 Å². The fraction of sp³-hybridized carbons (Fsp3) is 0.0556. The first-order valence-corrected chi connectivity index (χ1v) is 8.13. The van der Waals surface area contributed by atoms with Crippen molar-refractivity contribution in [2.75, 3.05) is 5.32 Å². The Morgan fingerprint density at radius 3 is 3.04 bits per heavy atom. The quantitative estimate of drug-likeness (QED) is 0.806. The van der Waals surface area contributed by atoms with Crippen LogP contribution in [-0.2, 0) is 9.63 Å². The number of para-hydroxylation sites is 1. The van der Waals surface area contributed by atoms with E-state index in [9.17, 15) is 9.18 Å². The Labute approximate surface area is 153 Å². The molecule has 0 saturated carbocycles. The summed E-state index contributed by atoms with van der Waals surface area (Å²) in [5, 5.41) is 2.81. The van der Waals surface area contributed by atoms with Crippen molar-refractivity contribution in [3.8, 4) is 0 Å². The number of carbonyl (C=O) groups is 1. The maximum absolute atomic E-state index is 14.0. The molecule has 0 fully saturated rings. The summed E-state index contributed by atoms with van der Waals surface area (Å²) in [6.07, 6.45) is 7.10. The molecule has 4 rings (SSSR count). The molecule has 8 heteroatoms. The smallest absolute Gasteiger partial charge is 0.285 e. The minimum atomic E-state index is -0.653. The normalized spacial score (nSPS) is 15.8. The summed E-state index contributed by atoms with van der Waals surface area (Å²) < 4.78 is 14.0. The minimum absolute atomic E-state index is 0.0742. The van der Waals surface area contributed by atoms with Gasteiger partial charge in [-0.05, 0) is 30.2 Å². The molecule has 1 amide bonds. The Morgan fingerprint density at radius 2 is 2.15 bits per heavy atom. The van der Waals surface area contributed by atoms with Crippen LogP contribution in [0.1, 0.15) is 12.0 Å². The summed E-state index contributed by atoms with van der Waals surface area (Å²) in [7, 11) is 0. The first-order chi connectivity index (χ1) is 12.6. The number of aromatic nitrogens is 2. The lowest BCUT2D eigenvalue weighted by atomic mass is 9.92. The molecule has 0 saturated heterocycles. The number of allylic oxidation sites excluding steroid dienone is 4. The lowest BCUT2D eigenvalue weighted by Crippen LogP contribution is -2.31. The van der Waals surface area contributed by atoms with E-state index in [-0.39, 0.29) is 17.0 Å². The highest BCUT2D eigenvalue weighted by atomic mass is 35.5. The van der Waals surface area contributed by atoms with Crippen molar-refractivity contribution in [2.24, 2.45) is 0 Å². The number of rotatable bonds is 3. The van der Waals surface area contributed by atoms with Crippen LogP contribution in [0.15, 0.2) is 60.0 Å². The molecule has 2 aromatic rings. The van der Waals surface area contributed by atoms with Gasteiger partial charge in [0.25, 0.3) is 5.91 Å². The summed E-state index contributed by atoms with van der Waals surface area (Å²) in [6, 6.07) is 7.06. The molecule has 1 aromatic carbocycles. The van der Waals surface area contributed by atoms with Gasteiger partial charge in [0.15, 0.2) is 17.4 Å². The fourth-order valence-electron chi connectivity index (χ4n) is 2.81. The zero-order valence-electron chi connectivity index (χ0n) is 13.3. The minimum Gasteiger partial charge on any atom is -0.379 e. The Bertz CT molecular complexity index is 1000. The second-order valence-corrected chi connectivity index (χ2v) is 5.89. The van der Waals surface area contributed by atoms with Crippen LogP contribution in [0, 0.1) is 5.82 Å². The third-order valence-electron chi connectivity index (χ3n) is 3.95. The third-order valence-corrected chi connectivity index (χ3v) is 4.13. The predicted molar refractivity (Wildman–Crippen MR) is 94.7 cm³/mol. The summed E-state index contributed by atoms with van der Waals surface area (Å²) in [4.78, 5) is 25.2. The van der Waals surface area contributed by atoms with Crippen LogP contribution < -0.4 is 10.8 Å². The van der Waals surface area contributed by atoms with Gasteiger partial charge < -0.3 is 10.2 Å². The number of nitrogens with one attached hydrogen (secondary N) is 2. The Hall–Kier alpha value is -3.19. The second kappa shape index (κ2) is 6.61. The van der Waals surface area contributed by atoms with Crippen LogP contribution in [-0.4, -0.2) is 15.9 Å². The number of hydroxylamine groups is 1. The lowest BCUT2D eigenvalue weighted by molar-refractivity contribution is -0.125. The van der Waals surface area contributed by atoms with Crippen LogP contribution >= 0.6 is 11.6 Å². The van der Waals surface area contributed by atoms with E-state index in [1.54, 1.807) is 30.3 Å². The summed E-state index contributed by atoms with van der Waals surface area (Å²) in [6.45, 7) is 0.